The van der Waals surface area contributed by atoms with E-state index < -0.39 is 10.0 Å². The Morgan fingerprint density at radius 2 is 2.21 bits per heavy atom. The number of nitrogens with two attached hydrogens (primary N) is 1. The average Bonchev–Trinajstić information content (AvgIpc) is 2.72. The minimum Gasteiger partial charge on any atom is -0.380 e. The Hall–Kier alpha value is -1.15. The molecule has 0 unspecified atom stereocenters. The molecule has 0 saturated heterocycles. The fraction of sp³-hybridized carbons (Fsp3) is 0.182. The fourth-order valence-corrected chi connectivity index (χ4v) is 3.30. The third-order valence-electron chi connectivity index (χ3n) is 2.49. The molecule has 0 saturated carbocycles. The van der Waals surface area contributed by atoms with Crippen LogP contribution in [-0.2, 0) is 16.6 Å². The summed E-state index contributed by atoms with van der Waals surface area (Å²) in [6.45, 7) is 2.23. The molecule has 5 nitrogen and oxygen atoms in total. The van der Waals surface area contributed by atoms with Crippen molar-refractivity contribution in [3.8, 4) is 0 Å². The number of primary sulfonamides is 1. The molecular weight excluding hydrogens is 306 g/mol. The molecular formula is C11H12ClN3O2S2. The minimum absolute atomic E-state index is 0.125. The van der Waals surface area contributed by atoms with E-state index in [9.17, 15) is 8.42 Å². The fourth-order valence-electron chi connectivity index (χ4n) is 1.57. The molecule has 0 bridgehead atoms. The Bertz CT molecular complexity index is 698. The normalized spacial score (nSPS) is 11.5. The second-order valence-electron chi connectivity index (χ2n) is 3.96. The lowest BCUT2D eigenvalue weighted by molar-refractivity contribution is 0.597. The highest BCUT2D eigenvalue weighted by Crippen LogP contribution is 2.22. The van der Waals surface area contributed by atoms with Crippen LogP contribution in [-0.4, -0.2) is 13.4 Å². The second kappa shape index (κ2) is 5.46. The van der Waals surface area contributed by atoms with E-state index in [1.807, 2.05) is 0 Å². The topological polar surface area (TPSA) is 85.1 Å². The molecule has 0 aliphatic carbocycles. The maximum Gasteiger partial charge on any atom is 0.238 e. The average molecular weight is 318 g/mol. The number of hydrogen-bond donors (Lipinski definition) is 2. The number of hydrogen-bond acceptors (Lipinski definition) is 5. The first-order valence-corrected chi connectivity index (χ1v) is 8.08. The number of halogens is 1. The number of aryl methyl sites for hydroxylation is 1. The van der Waals surface area contributed by atoms with Crippen molar-refractivity contribution in [3.63, 3.8) is 0 Å². The van der Waals surface area contributed by atoms with E-state index in [1.54, 1.807) is 25.3 Å². The molecule has 2 aromatic rings. The van der Waals surface area contributed by atoms with Crippen LogP contribution in [0.4, 0.5) is 5.69 Å². The summed E-state index contributed by atoms with van der Waals surface area (Å²) in [6, 6.07) is 5.03. The lowest BCUT2D eigenvalue weighted by Gasteiger charge is -2.08. The summed E-state index contributed by atoms with van der Waals surface area (Å²) < 4.78 is 23.3. The SMILES string of the molecule is Cc1ccc(NCc2cnc(Cl)s2)cc1S(N)(=O)=O. The van der Waals surface area contributed by atoms with Crippen LogP contribution in [0, 0.1) is 6.92 Å². The zero-order valence-corrected chi connectivity index (χ0v) is 12.4. The summed E-state index contributed by atoms with van der Waals surface area (Å²) in [5, 5.41) is 8.26. The van der Waals surface area contributed by atoms with Crippen molar-refractivity contribution in [2.45, 2.75) is 18.4 Å². The summed E-state index contributed by atoms with van der Waals surface area (Å²) in [7, 11) is -3.71. The van der Waals surface area contributed by atoms with E-state index in [0.717, 1.165) is 4.88 Å². The van der Waals surface area contributed by atoms with Gasteiger partial charge in [-0.1, -0.05) is 17.7 Å². The zero-order valence-electron chi connectivity index (χ0n) is 10.1. The third kappa shape index (κ3) is 3.66. The first kappa shape index (κ1) is 14.3. The van der Waals surface area contributed by atoms with E-state index in [1.165, 1.54) is 17.4 Å². The molecule has 0 aliphatic rings. The van der Waals surface area contributed by atoms with Gasteiger partial charge in [0.1, 0.15) is 0 Å². The van der Waals surface area contributed by atoms with Crippen LogP contribution in [0.25, 0.3) is 0 Å². The van der Waals surface area contributed by atoms with Gasteiger partial charge in [-0.2, -0.15) is 0 Å². The molecule has 3 N–H and O–H groups in total. The van der Waals surface area contributed by atoms with Gasteiger partial charge in [-0.05, 0) is 24.6 Å². The molecule has 1 aromatic heterocycles. The molecule has 102 valence electrons. The number of sulfonamides is 1. The summed E-state index contributed by atoms with van der Waals surface area (Å²) in [4.78, 5) is 5.01. The van der Waals surface area contributed by atoms with Crippen molar-refractivity contribution in [2.24, 2.45) is 5.14 Å². The minimum atomic E-state index is -3.71. The van der Waals surface area contributed by atoms with E-state index >= 15 is 0 Å². The van der Waals surface area contributed by atoms with Crippen molar-refractivity contribution in [3.05, 3.63) is 39.3 Å². The van der Waals surface area contributed by atoms with Crippen LogP contribution in [0.1, 0.15) is 10.4 Å². The number of nitrogens with one attached hydrogen (secondary N) is 1. The second-order valence-corrected chi connectivity index (χ2v) is 7.19. The molecule has 0 radical (unpaired) electrons. The van der Waals surface area contributed by atoms with Crippen LogP contribution in [0.3, 0.4) is 0 Å². The molecule has 0 amide bonds. The van der Waals surface area contributed by atoms with Crippen LogP contribution >= 0.6 is 22.9 Å². The Balaban J connectivity index is 2.18. The predicted molar refractivity (Wildman–Crippen MR) is 77.0 cm³/mol. The van der Waals surface area contributed by atoms with E-state index in [2.05, 4.69) is 10.3 Å². The van der Waals surface area contributed by atoms with Crippen molar-refractivity contribution >= 4 is 38.6 Å². The number of anilines is 1. The van der Waals surface area contributed by atoms with E-state index in [-0.39, 0.29) is 4.90 Å². The standard InChI is InChI=1S/C11H12ClN3O2S2/c1-7-2-3-8(4-10(7)19(13,16)17)14-5-9-6-15-11(12)18-9/h2-4,6,14H,5H2,1H3,(H2,13,16,17). The number of benzene rings is 1. The molecule has 19 heavy (non-hydrogen) atoms. The van der Waals surface area contributed by atoms with Gasteiger partial charge in [-0.25, -0.2) is 18.5 Å². The number of rotatable bonds is 4. The van der Waals surface area contributed by atoms with Gasteiger partial charge in [0.05, 0.1) is 11.4 Å². The molecule has 0 fully saturated rings. The highest BCUT2D eigenvalue weighted by molar-refractivity contribution is 7.89. The van der Waals surface area contributed by atoms with Crippen molar-refractivity contribution in [1.82, 2.24) is 4.98 Å². The van der Waals surface area contributed by atoms with Gasteiger partial charge >= 0.3 is 0 Å². The largest absolute Gasteiger partial charge is 0.380 e. The molecule has 8 heteroatoms. The maximum absolute atomic E-state index is 11.4. The number of nitrogens with zero attached hydrogens (tertiary/aromatic N) is 1. The molecule has 0 spiro atoms. The van der Waals surface area contributed by atoms with Crippen LogP contribution < -0.4 is 10.5 Å². The molecule has 2 rings (SSSR count). The van der Waals surface area contributed by atoms with Crippen LogP contribution in [0.15, 0.2) is 29.3 Å². The van der Waals surface area contributed by atoms with Gasteiger partial charge < -0.3 is 5.32 Å². The smallest absolute Gasteiger partial charge is 0.238 e. The zero-order chi connectivity index (χ0) is 14.0. The van der Waals surface area contributed by atoms with Crippen molar-refractivity contribution in [2.75, 3.05) is 5.32 Å². The maximum atomic E-state index is 11.4. The molecule has 1 heterocycles. The van der Waals surface area contributed by atoms with Gasteiger partial charge in [-0.3, -0.25) is 0 Å². The van der Waals surface area contributed by atoms with Gasteiger partial charge in [-0.15, -0.1) is 11.3 Å². The summed E-state index contributed by atoms with van der Waals surface area (Å²) in [5.41, 5.74) is 1.30. The lowest BCUT2D eigenvalue weighted by Crippen LogP contribution is -2.14. The Morgan fingerprint density at radius 1 is 1.47 bits per heavy atom. The van der Waals surface area contributed by atoms with E-state index in [0.29, 0.717) is 22.3 Å². The Kier molecular flexibility index (Phi) is 4.10. The Labute approximate surface area is 120 Å². The highest BCUT2D eigenvalue weighted by atomic mass is 35.5. The predicted octanol–water partition coefficient (Wildman–Crippen LogP) is 2.36. The van der Waals surface area contributed by atoms with Crippen molar-refractivity contribution < 1.29 is 8.42 Å². The monoisotopic (exact) mass is 317 g/mol. The molecule has 1 aromatic carbocycles. The highest BCUT2D eigenvalue weighted by Gasteiger charge is 2.12. The van der Waals surface area contributed by atoms with Gasteiger partial charge in [0, 0.05) is 16.8 Å². The quantitative estimate of drug-likeness (QED) is 0.906. The van der Waals surface area contributed by atoms with Gasteiger partial charge in [0.2, 0.25) is 10.0 Å². The van der Waals surface area contributed by atoms with Gasteiger partial charge in [0.25, 0.3) is 0 Å². The molecule has 0 atom stereocenters. The van der Waals surface area contributed by atoms with Crippen LogP contribution in [0.2, 0.25) is 4.47 Å². The summed E-state index contributed by atoms with van der Waals surface area (Å²) >= 11 is 7.10. The first-order chi connectivity index (χ1) is 8.86. The van der Waals surface area contributed by atoms with Gasteiger partial charge in [0.15, 0.2) is 4.47 Å². The summed E-state index contributed by atoms with van der Waals surface area (Å²) in [5.74, 6) is 0. The number of thiazole rings is 1. The van der Waals surface area contributed by atoms with Crippen LogP contribution in [0.5, 0.6) is 0 Å². The third-order valence-corrected chi connectivity index (χ3v) is 4.65. The van der Waals surface area contributed by atoms with E-state index in [4.69, 9.17) is 16.7 Å². The lowest BCUT2D eigenvalue weighted by atomic mass is 10.2. The first-order valence-electron chi connectivity index (χ1n) is 5.34. The summed E-state index contributed by atoms with van der Waals surface area (Å²) in [6.07, 6.45) is 1.68. The molecule has 0 aliphatic heterocycles. The number of aromatic nitrogens is 1. The Morgan fingerprint density at radius 3 is 2.79 bits per heavy atom. The van der Waals surface area contributed by atoms with Crippen molar-refractivity contribution in [1.29, 1.82) is 0 Å².